The Morgan fingerprint density at radius 3 is 2.29 bits per heavy atom. The molecule has 6 nitrogen and oxygen atoms in total. The molecule has 1 rings (SSSR count). The summed E-state index contributed by atoms with van der Waals surface area (Å²) >= 11 is 0. The van der Waals surface area contributed by atoms with E-state index < -0.39 is 0 Å². The van der Waals surface area contributed by atoms with Gasteiger partial charge in [0.1, 0.15) is 13.2 Å². The Hall–Kier alpha value is -1.40. The lowest BCUT2D eigenvalue weighted by Gasteiger charge is -2.23. The van der Waals surface area contributed by atoms with E-state index >= 15 is 0 Å². The highest BCUT2D eigenvalue weighted by atomic mass is 16.6. The van der Waals surface area contributed by atoms with E-state index in [1.54, 1.807) is 20.3 Å². The predicted octanol–water partition coefficient (Wildman–Crippen LogP) is 2.51. The summed E-state index contributed by atoms with van der Waals surface area (Å²) in [6.07, 6.45) is 5.32. The standard InChI is InChI=1S/C18H30O6/c1-13-7-5-9-17(19)24-12-16(22-4)14(2)8-6-10-18(20)23-11-15(13)21-3/h5,7,13-16H,6,8-12H2,1-4H3/b7-5+/t13-,14+,15-,16+/m1/s1. The summed E-state index contributed by atoms with van der Waals surface area (Å²) in [6.45, 7) is 4.42. The number of esters is 2. The smallest absolute Gasteiger partial charge is 0.309 e. The van der Waals surface area contributed by atoms with Gasteiger partial charge >= 0.3 is 11.9 Å². The number of methoxy groups -OCH3 is 2. The Morgan fingerprint density at radius 1 is 1.00 bits per heavy atom. The zero-order chi connectivity index (χ0) is 17.9. The van der Waals surface area contributed by atoms with Crippen LogP contribution in [0.2, 0.25) is 0 Å². The second kappa shape index (κ2) is 11.2. The predicted molar refractivity (Wildman–Crippen MR) is 89.4 cm³/mol. The maximum atomic E-state index is 11.8. The number of ether oxygens (including phenoxy) is 4. The van der Waals surface area contributed by atoms with Crippen molar-refractivity contribution in [1.82, 2.24) is 0 Å². The molecule has 0 amide bonds. The first kappa shape index (κ1) is 20.6. The Bertz CT molecular complexity index is 420. The molecule has 0 aliphatic carbocycles. The van der Waals surface area contributed by atoms with Crippen LogP contribution in [0.4, 0.5) is 0 Å². The molecule has 0 aromatic carbocycles. The van der Waals surface area contributed by atoms with Gasteiger partial charge in [0, 0.05) is 26.6 Å². The molecule has 0 bridgehead atoms. The van der Waals surface area contributed by atoms with Crippen LogP contribution in [0.3, 0.4) is 0 Å². The molecule has 0 saturated carbocycles. The fourth-order valence-electron chi connectivity index (χ4n) is 2.64. The van der Waals surface area contributed by atoms with Crippen LogP contribution >= 0.6 is 0 Å². The van der Waals surface area contributed by atoms with Gasteiger partial charge in [-0.1, -0.05) is 26.0 Å². The average Bonchev–Trinajstić information content (AvgIpc) is 2.55. The maximum absolute atomic E-state index is 11.8. The number of rotatable bonds is 2. The van der Waals surface area contributed by atoms with Crippen LogP contribution in [0, 0.1) is 11.8 Å². The van der Waals surface area contributed by atoms with Crippen molar-refractivity contribution in [2.75, 3.05) is 27.4 Å². The van der Waals surface area contributed by atoms with E-state index in [9.17, 15) is 9.59 Å². The molecule has 0 N–H and O–H groups in total. The highest BCUT2D eigenvalue weighted by molar-refractivity contribution is 5.71. The molecule has 0 spiro atoms. The van der Waals surface area contributed by atoms with Crippen LogP contribution in [0.1, 0.15) is 39.5 Å². The Labute approximate surface area is 144 Å². The first-order valence-corrected chi connectivity index (χ1v) is 8.51. The van der Waals surface area contributed by atoms with Crippen molar-refractivity contribution in [3.05, 3.63) is 12.2 Å². The van der Waals surface area contributed by atoms with Crippen molar-refractivity contribution in [2.45, 2.75) is 51.7 Å². The van der Waals surface area contributed by atoms with Gasteiger partial charge in [-0.05, 0) is 18.8 Å². The molecule has 1 aliphatic rings. The number of hydrogen-bond acceptors (Lipinski definition) is 6. The monoisotopic (exact) mass is 342 g/mol. The lowest BCUT2D eigenvalue weighted by atomic mass is 9.98. The molecule has 1 heterocycles. The molecule has 24 heavy (non-hydrogen) atoms. The van der Waals surface area contributed by atoms with Crippen molar-refractivity contribution in [3.8, 4) is 0 Å². The summed E-state index contributed by atoms with van der Waals surface area (Å²) in [5.74, 6) is -0.283. The van der Waals surface area contributed by atoms with Crippen LogP contribution in [-0.4, -0.2) is 51.6 Å². The van der Waals surface area contributed by atoms with Gasteiger partial charge in [-0.2, -0.15) is 0 Å². The highest BCUT2D eigenvalue weighted by Gasteiger charge is 2.21. The molecule has 4 atom stereocenters. The van der Waals surface area contributed by atoms with E-state index in [1.165, 1.54) is 0 Å². The summed E-state index contributed by atoms with van der Waals surface area (Å²) in [6, 6.07) is 0. The summed E-state index contributed by atoms with van der Waals surface area (Å²) in [5.41, 5.74) is 0. The molecule has 0 unspecified atom stereocenters. The first-order valence-electron chi connectivity index (χ1n) is 8.51. The normalized spacial score (nSPS) is 32.7. The second-order valence-electron chi connectivity index (χ2n) is 6.28. The third kappa shape index (κ3) is 7.45. The molecule has 0 radical (unpaired) electrons. The number of hydrogen-bond donors (Lipinski definition) is 0. The van der Waals surface area contributed by atoms with Gasteiger partial charge in [-0.15, -0.1) is 0 Å². The van der Waals surface area contributed by atoms with E-state index in [0.717, 1.165) is 6.42 Å². The minimum Gasteiger partial charge on any atom is -0.463 e. The van der Waals surface area contributed by atoms with E-state index in [4.69, 9.17) is 18.9 Å². The van der Waals surface area contributed by atoms with Gasteiger partial charge in [0.05, 0.1) is 18.6 Å². The number of cyclic esters (lactones) is 2. The van der Waals surface area contributed by atoms with E-state index in [1.807, 2.05) is 19.9 Å². The topological polar surface area (TPSA) is 71.1 Å². The Balaban J connectivity index is 2.73. The maximum Gasteiger partial charge on any atom is 0.309 e. The van der Waals surface area contributed by atoms with Gasteiger partial charge in [0.15, 0.2) is 0 Å². The van der Waals surface area contributed by atoms with E-state index in [2.05, 4.69) is 0 Å². The van der Waals surface area contributed by atoms with Crippen LogP contribution in [0.5, 0.6) is 0 Å². The van der Waals surface area contributed by atoms with Gasteiger partial charge in [0.2, 0.25) is 0 Å². The van der Waals surface area contributed by atoms with Crippen LogP contribution < -0.4 is 0 Å². The van der Waals surface area contributed by atoms with Crippen molar-refractivity contribution in [3.63, 3.8) is 0 Å². The highest BCUT2D eigenvalue weighted by Crippen LogP contribution is 2.17. The number of carbonyl (C=O) groups excluding carboxylic acids is 2. The van der Waals surface area contributed by atoms with Crippen LogP contribution in [0.25, 0.3) is 0 Å². The van der Waals surface area contributed by atoms with Crippen molar-refractivity contribution < 1.29 is 28.5 Å². The SMILES string of the molecule is CO[C@H]1COC(=O)C/C=C/[C@@H](C)[C@H](OC)COC(=O)CCC[C@@H]1C. The van der Waals surface area contributed by atoms with Crippen molar-refractivity contribution in [1.29, 1.82) is 0 Å². The third-order valence-electron chi connectivity index (χ3n) is 4.41. The summed E-state index contributed by atoms with van der Waals surface area (Å²) in [5, 5.41) is 0. The molecule has 6 heteroatoms. The summed E-state index contributed by atoms with van der Waals surface area (Å²) in [7, 11) is 3.19. The lowest BCUT2D eigenvalue weighted by Crippen LogP contribution is -2.28. The average molecular weight is 342 g/mol. The van der Waals surface area contributed by atoms with E-state index in [-0.39, 0.29) is 55.6 Å². The van der Waals surface area contributed by atoms with Crippen molar-refractivity contribution in [2.24, 2.45) is 11.8 Å². The zero-order valence-electron chi connectivity index (χ0n) is 15.2. The van der Waals surface area contributed by atoms with Gasteiger partial charge in [0.25, 0.3) is 0 Å². The van der Waals surface area contributed by atoms with Crippen molar-refractivity contribution >= 4 is 11.9 Å². The minimum absolute atomic E-state index is 0.0234. The van der Waals surface area contributed by atoms with Gasteiger partial charge in [-0.3, -0.25) is 9.59 Å². The molecule has 0 aromatic heterocycles. The minimum atomic E-state index is -0.278. The summed E-state index contributed by atoms with van der Waals surface area (Å²) in [4.78, 5) is 23.7. The Kier molecular flexibility index (Phi) is 9.64. The van der Waals surface area contributed by atoms with Gasteiger partial charge < -0.3 is 18.9 Å². The van der Waals surface area contributed by atoms with Gasteiger partial charge in [-0.25, -0.2) is 0 Å². The fourth-order valence-corrected chi connectivity index (χ4v) is 2.64. The lowest BCUT2D eigenvalue weighted by molar-refractivity contribution is -0.148. The second-order valence-corrected chi connectivity index (χ2v) is 6.28. The largest absolute Gasteiger partial charge is 0.463 e. The van der Waals surface area contributed by atoms with Crippen LogP contribution in [-0.2, 0) is 28.5 Å². The number of carbonyl (C=O) groups is 2. The first-order chi connectivity index (χ1) is 11.5. The van der Waals surface area contributed by atoms with E-state index in [0.29, 0.717) is 12.8 Å². The quantitative estimate of drug-likeness (QED) is 0.567. The molecular formula is C18H30O6. The fraction of sp³-hybridized carbons (Fsp3) is 0.778. The van der Waals surface area contributed by atoms with Crippen LogP contribution in [0.15, 0.2) is 12.2 Å². The molecule has 0 aromatic rings. The zero-order valence-corrected chi connectivity index (χ0v) is 15.2. The molecular weight excluding hydrogens is 312 g/mol. The molecule has 1 aliphatic heterocycles. The third-order valence-corrected chi connectivity index (χ3v) is 4.41. The molecule has 0 fully saturated rings. The molecule has 0 saturated heterocycles. The Morgan fingerprint density at radius 2 is 1.62 bits per heavy atom. The molecule has 138 valence electrons. The summed E-state index contributed by atoms with van der Waals surface area (Å²) < 4.78 is 21.4.